The maximum atomic E-state index is 11.0. The normalized spacial score (nSPS) is 11.6. The molecular formula is C9H18OS. The Morgan fingerprint density at radius 2 is 2.00 bits per heavy atom. The Morgan fingerprint density at radius 1 is 1.45 bits per heavy atom. The number of thioether (sulfide) groups is 1. The van der Waals surface area contributed by atoms with Crippen LogP contribution in [-0.4, -0.2) is 16.8 Å². The van der Waals surface area contributed by atoms with Crippen molar-refractivity contribution >= 4 is 17.5 Å². The van der Waals surface area contributed by atoms with Gasteiger partial charge < -0.3 is 0 Å². The summed E-state index contributed by atoms with van der Waals surface area (Å²) < 4.78 is 0.269. The van der Waals surface area contributed by atoms with Gasteiger partial charge in [-0.15, -0.1) is 0 Å². The molecule has 0 rings (SSSR count). The standard InChI is InChI=1S/C9H18OS/c1-5-8(10)6-7-9(2,3)11-4/h5-7H2,1-4H3. The molecule has 66 valence electrons. The van der Waals surface area contributed by atoms with Gasteiger partial charge in [-0.1, -0.05) is 20.8 Å². The molecule has 11 heavy (non-hydrogen) atoms. The number of carbonyl (C=O) groups is 1. The summed E-state index contributed by atoms with van der Waals surface area (Å²) in [5, 5.41) is 0. The number of hydrogen-bond acceptors (Lipinski definition) is 2. The van der Waals surface area contributed by atoms with Crippen LogP contribution in [0, 0.1) is 0 Å². The quantitative estimate of drug-likeness (QED) is 0.637. The predicted molar refractivity (Wildman–Crippen MR) is 52.1 cm³/mol. The van der Waals surface area contributed by atoms with E-state index >= 15 is 0 Å². The third-order valence-electron chi connectivity index (χ3n) is 1.95. The smallest absolute Gasteiger partial charge is 0.132 e. The first-order valence-electron chi connectivity index (χ1n) is 4.08. The number of rotatable bonds is 5. The summed E-state index contributed by atoms with van der Waals surface area (Å²) in [5.41, 5.74) is 0. The van der Waals surface area contributed by atoms with E-state index in [1.807, 2.05) is 18.7 Å². The number of hydrogen-bond donors (Lipinski definition) is 0. The molecule has 0 aromatic carbocycles. The van der Waals surface area contributed by atoms with Crippen molar-refractivity contribution in [3.63, 3.8) is 0 Å². The summed E-state index contributed by atoms with van der Waals surface area (Å²) in [6, 6.07) is 0. The molecule has 0 spiro atoms. The van der Waals surface area contributed by atoms with E-state index in [1.165, 1.54) is 0 Å². The topological polar surface area (TPSA) is 17.1 Å². The minimum Gasteiger partial charge on any atom is -0.300 e. The minimum absolute atomic E-state index is 0.269. The molecule has 0 unspecified atom stereocenters. The Morgan fingerprint density at radius 3 is 2.36 bits per heavy atom. The van der Waals surface area contributed by atoms with E-state index in [0.717, 1.165) is 12.8 Å². The van der Waals surface area contributed by atoms with Crippen molar-refractivity contribution in [3.05, 3.63) is 0 Å². The molecule has 1 nitrogen and oxygen atoms in total. The monoisotopic (exact) mass is 174 g/mol. The maximum absolute atomic E-state index is 11.0. The SMILES string of the molecule is CCC(=O)CCC(C)(C)SC. The van der Waals surface area contributed by atoms with Crippen LogP contribution >= 0.6 is 11.8 Å². The van der Waals surface area contributed by atoms with Crippen molar-refractivity contribution in [2.75, 3.05) is 6.26 Å². The van der Waals surface area contributed by atoms with Crippen molar-refractivity contribution in [1.29, 1.82) is 0 Å². The first-order chi connectivity index (χ1) is 5.02. The molecule has 0 aromatic rings. The van der Waals surface area contributed by atoms with Crippen LogP contribution in [-0.2, 0) is 4.79 Å². The van der Waals surface area contributed by atoms with E-state index in [0.29, 0.717) is 12.2 Å². The van der Waals surface area contributed by atoms with Gasteiger partial charge in [0, 0.05) is 17.6 Å². The summed E-state index contributed by atoms with van der Waals surface area (Å²) in [6.45, 7) is 6.29. The van der Waals surface area contributed by atoms with Crippen molar-refractivity contribution in [2.24, 2.45) is 0 Å². The van der Waals surface area contributed by atoms with Gasteiger partial charge in [0.1, 0.15) is 5.78 Å². The summed E-state index contributed by atoms with van der Waals surface area (Å²) in [6.07, 6.45) is 4.52. The Hall–Kier alpha value is 0.0200. The second kappa shape index (κ2) is 4.81. The molecule has 0 radical (unpaired) electrons. The lowest BCUT2D eigenvalue weighted by molar-refractivity contribution is -0.118. The first kappa shape index (κ1) is 11.0. The number of carbonyl (C=O) groups excluding carboxylic acids is 1. The van der Waals surface area contributed by atoms with Gasteiger partial charge in [0.05, 0.1) is 0 Å². The van der Waals surface area contributed by atoms with Gasteiger partial charge in [0.25, 0.3) is 0 Å². The molecule has 0 aliphatic carbocycles. The minimum atomic E-state index is 0.269. The molecule has 0 aliphatic heterocycles. The highest BCUT2D eigenvalue weighted by molar-refractivity contribution is 7.99. The Kier molecular flexibility index (Phi) is 4.82. The van der Waals surface area contributed by atoms with E-state index in [9.17, 15) is 4.79 Å². The van der Waals surface area contributed by atoms with Gasteiger partial charge in [-0.2, -0.15) is 11.8 Å². The fraction of sp³-hybridized carbons (Fsp3) is 0.889. The fourth-order valence-corrected chi connectivity index (χ4v) is 1.03. The van der Waals surface area contributed by atoms with Crippen molar-refractivity contribution in [1.82, 2.24) is 0 Å². The van der Waals surface area contributed by atoms with E-state index < -0.39 is 0 Å². The van der Waals surface area contributed by atoms with Crippen LogP contribution in [0.2, 0.25) is 0 Å². The van der Waals surface area contributed by atoms with E-state index in [2.05, 4.69) is 20.1 Å². The van der Waals surface area contributed by atoms with Gasteiger partial charge in [0.15, 0.2) is 0 Å². The average molecular weight is 174 g/mol. The van der Waals surface area contributed by atoms with Crippen LogP contribution in [0.25, 0.3) is 0 Å². The molecule has 0 atom stereocenters. The molecule has 0 saturated heterocycles. The van der Waals surface area contributed by atoms with Crippen molar-refractivity contribution in [3.8, 4) is 0 Å². The maximum Gasteiger partial charge on any atom is 0.132 e. The lowest BCUT2D eigenvalue weighted by atomic mass is 10.0. The van der Waals surface area contributed by atoms with E-state index in [-0.39, 0.29) is 4.75 Å². The molecular weight excluding hydrogens is 156 g/mol. The molecule has 0 N–H and O–H groups in total. The van der Waals surface area contributed by atoms with Crippen LogP contribution < -0.4 is 0 Å². The molecule has 0 aliphatic rings. The van der Waals surface area contributed by atoms with Crippen molar-refractivity contribution < 1.29 is 4.79 Å². The van der Waals surface area contributed by atoms with Gasteiger partial charge in [-0.25, -0.2) is 0 Å². The number of ketones is 1. The first-order valence-corrected chi connectivity index (χ1v) is 5.31. The lowest BCUT2D eigenvalue weighted by Gasteiger charge is -2.20. The second-order valence-corrected chi connectivity index (χ2v) is 4.87. The highest BCUT2D eigenvalue weighted by atomic mass is 32.2. The van der Waals surface area contributed by atoms with Crippen LogP contribution in [0.4, 0.5) is 0 Å². The highest BCUT2D eigenvalue weighted by Crippen LogP contribution is 2.26. The lowest BCUT2D eigenvalue weighted by Crippen LogP contribution is -2.15. The van der Waals surface area contributed by atoms with E-state index in [1.54, 1.807) is 0 Å². The Bertz CT molecular complexity index is 130. The molecule has 2 heteroatoms. The van der Waals surface area contributed by atoms with Gasteiger partial charge in [-0.05, 0) is 12.7 Å². The molecule has 0 fully saturated rings. The summed E-state index contributed by atoms with van der Waals surface area (Å²) in [7, 11) is 0. The molecule has 0 heterocycles. The van der Waals surface area contributed by atoms with Crippen LogP contribution in [0.3, 0.4) is 0 Å². The molecule has 0 aromatic heterocycles. The molecule has 0 amide bonds. The van der Waals surface area contributed by atoms with E-state index in [4.69, 9.17) is 0 Å². The fourth-order valence-electron chi connectivity index (χ4n) is 0.719. The Balaban J connectivity index is 3.61. The zero-order valence-corrected chi connectivity index (χ0v) is 8.75. The summed E-state index contributed by atoms with van der Waals surface area (Å²) >= 11 is 1.83. The zero-order valence-electron chi connectivity index (χ0n) is 7.94. The number of Topliss-reactive ketones (excluding diaryl/α,β-unsaturated/α-hetero) is 1. The average Bonchev–Trinajstić information content (AvgIpc) is 2.00. The third-order valence-corrected chi connectivity index (χ3v) is 3.26. The molecule has 0 saturated carbocycles. The largest absolute Gasteiger partial charge is 0.300 e. The summed E-state index contributed by atoms with van der Waals surface area (Å²) in [5.74, 6) is 0.382. The predicted octanol–water partition coefficient (Wildman–Crippen LogP) is 2.89. The summed E-state index contributed by atoms with van der Waals surface area (Å²) in [4.78, 5) is 11.0. The Labute approximate surface area is 73.9 Å². The van der Waals surface area contributed by atoms with Gasteiger partial charge in [0.2, 0.25) is 0 Å². The van der Waals surface area contributed by atoms with Gasteiger partial charge >= 0.3 is 0 Å². The van der Waals surface area contributed by atoms with Crippen LogP contribution in [0.15, 0.2) is 0 Å². The van der Waals surface area contributed by atoms with Crippen LogP contribution in [0.1, 0.15) is 40.0 Å². The zero-order chi connectivity index (χ0) is 8.91. The molecule has 0 bridgehead atoms. The van der Waals surface area contributed by atoms with Crippen LogP contribution in [0.5, 0.6) is 0 Å². The second-order valence-electron chi connectivity index (χ2n) is 3.36. The highest BCUT2D eigenvalue weighted by Gasteiger charge is 2.16. The van der Waals surface area contributed by atoms with Gasteiger partial charge in [-0.3, -0.25) is 4.79 Å². The third kappa shape index (κ3) is 5.31. The van der Waals surface area contributed by atoms with Crippen molar-refractivity contribution in [2.45, 2.75) is 44.8 Å².